The molecule has 3 heterocycles. The molecule has 2 aromatic rings. The average molecular weight is 322 g/mol. The molecule has 2 fully saturated rings. The number of fused-ring (bicyclic) bond motifs is 1. The summed E-state index contributed by atoms with van der Waals surface area (Å²) >= 11 is 0. The Morgan fingerprint density at radius 1 is 1.36 bits per heavy atom. The monoisotopic (exact) mass is 322 g/mol. The van der Waals surface area contributed by atoms with E-state index in [-0.39, 0.29) is 11.5 Å². The number of hydrogen-bond donors (Lipinski definition) is 1. The summed E-state index contributed by atoms with van der Waals surface area (Å²) in [7, 11) is -2.04. The Balaban J connectivity index is 1.45. The molecule has 2 N–H and O–H groups in total. The fourth-order valence-electron chi connectivity index (χ4n) is 3.65. The van der Waals surface area contributed by atoms with Crippen molar-refractivity contribution < 1.29 is 8.42 Å². The van der Waals surface area contributed by atoms with Gasteiger partial charge in [-0.1, -0.05) is 0 Å². The third-order valence-electron chi connectivity index (χ3n) is 4.89. The molecule has 1 aliphatic carbocycles. The standard InChI is InChI=1S/C13H18N6O2S/c1-17(22(14,20)21)10-5-13(6-10)7-18(8-13)12-16-9-15-11-3-2-4-19(11)12/h2-4,9-10H,5-8H2,1H3,(H2,14,20,21). The van der Waals surface area contributed by atoms with Gasteiger partial charge in [-0.15, -0.1) is 0 Å². The van der Waals surface area contributed by atoms with Crippen LogP contribution in [0.4, 0.5) is 5.95 Å². The van der Waals surface area contributed by atoms with E-state index in [0.717, 1.165) is 37.5 Å². The van der Waals surface area contributed by atoms with Gasteiger partial charge in [0.15, 0.2) is 0 Å². The zero-order chi connectivity index (χ0) is 15.5. The van der Waals surface area contributed by atoms with Gasteiger partial charge in [-0.3, -0.25) is 4.40 Å². The number of rotatable bonds is 3. The largest absolute Gasteiger partial charge is 0.341 e. The first-order valence-corrected chi connectivity index (χ1v) is 8.67. The molecule has 4 rings (SSSR count). The average Bonchev–Trinajstić information content (AvgIpc) is 2.82. The Morgan fingerprint density at radius 2 is 2.09 bits per heavy atom. The molecular weight excluding hydrogens is 304 g/mol. The van der Waals surface area contributed by atoms with Crippen LogP contribution in [0, 0.1) is 5.41 Å². The first kappa shape index (κ1) is 13.9. The molecule has 2 aromatic heterocycles. The Bertz CT molecular complexity index is 818. The maximum absolute atomic E-state index is 11.4. The SMILES string of the molecule is CN(C1CC2(C1)CN(c1ncnc3cccn13)C2)S(N)(=O)=O. The quantitative estimate of drug-likeness (QED) is 0.846. The lowest BCUT2D eigenvalue weighted by Gasteiger charge is -2.60. The maximum Gasteiger partial charge on any atom is 0.276 e. The van der Waals surface area contributed by atoms with Crippen molar-refractivity contribution in [3.8, 4) is 0 Å². The van der Waals surface area contributed by atoms with Gasteiger partial charge in [-0.25, -0.2) is 15.1 Å². The smallest absolute Gasteiger partial charge is 0.276 e. The minimum atomic E-state index is -3.59. The van der Waals surface area contributed by atoms with E-state index in [1.165, 1.54) is 4.31 Å². The first-order valence-electron chi connectivity index (χ1n) is 7.17. The molecule has 118 valence electrons. The highest BCUT2D eigenvalue weighted by atomic mass is 32.2. The molecule has 1 spiro atoms. The molecule has 0 atom stereocenters. The normalized spacial score (nSPS) is 21.3. The lowest BCUT2D eigenvalue weighted by molar-refractivity contribution is 0.0199. The van der Waals surface area contributed by atoms with Crippen LogP contribution in [0.3, 0.4) is 0 Å². The van der Waals surface area contributed by atoms with Crippen LogP contribution in [0.25, 0.3) is 5.65 Å². The molecule has 0 radical (unpaired) electrons. The highest BCUT2D eigenvalue weighted by molar-refractivity contribution is 7.86. The Kier molecular flexibility index (Phi) is 2.78. The van der Waals surface area contributed by atoms with Crippen LogP contribution in [0.15, 0.2) is 24.7 Å². The lowest BCUT2D eigenvalue weighted by Crippen LogP contribution is -2.67. The molecule has 9 heteroatoms. The lowest BCUT2D eigenvalue weighted by atomic mass is 9.61. The van der Waals surface area contributed by atoms with Gasteiger partial charge in [0.2, 0.25) is 5.95 Å². The molecule has 1 saturated heterocycles. The predicted molar refractivity (Wildman–Crippen MR) is 81.5 cm³/mol. The number of hydrogen-bond acceptors (Lipinski definition) is 5. The predicted octanol–water partition coefficient (Wildman–Crippen LogP) is -0.167. The Morgan fingerprint density at radius 3 is 2.77 bits per heavy atom. The highest BCUT2D eigenvalue weighted by Crippen LogP contribution is 2.51. The zero-order valence-electron chi connectivity index (χ0n) is 12.3. The van der Waals surface area contributed by atoms with Crippen LogP contribution in [0.5, 0.6) is 0 Å². The van der Waals surface area contributed by atoms with Crippen molar-refractivity contribution in [2.45, 2.75) is 18.9 Å². The van der Waals surface area contributed by atoms with Crippen molar-refractivity contribution >= 4 is 21.8 Å². The summed E-state index contributed by atoms with van der Waals surface area (Å²) in [5, 5.41) is 5.17. The van der Waals surface area contributed by atoms with Crippen LogP contribution in [0.2, 0.25) is 0 Å². The summed E-state index contributed by atoms with van der Waals surface area (Å²) in [6, 6.07) is 3.92. The van der Waals surface area contributed by atoms with Gasteiger partial charge >= 0.3 is 0 Å². The molecule has 1 saturated carbocycles. The number of aromatic nitrogens is 3. The third-order valence-corrected chi connectivity index (χ3v) is 6.00. The van der Waals surface area contributed by atoms with E-state index < -0.39 is 10.2 Å². The number of anilines is 1. The van der Waals surface area contributed by atoms with Crippen molar-refractivity contribution in [3.63, 3.8) is 0 Å². The second-order valence-electron chi connectivity index (χ2n) is 6.39. The van der Waals surface area contributed by atoms with Gasteiger partial charge in [-0.2, -0.15) is 12.7 Å². The molecule has 0 aromatic carbocycles. The van der Waals surface area contributed by atoms with Gasteiger partial charge in [0.25, 0.3) is 10.2 Å². The van der Waals surface area contributed by atoms with E-state index in [4.69, 9.17) is 5.14 Å². The van der Waals surface area contributed by atoms with Crippen LogP contribution in [0.1, 0.15) is 12.8 Å². The van der Waals surface area contributed by atoms with Gasteiger partial charge in [0.1, 0.15) is 12.0 Å². The molecule has 2 aliphatic rings. The summed E-state index contributed by atoms with van der Waals surface area (Å²) in [5.74, 6) is 0.892. The van der Waals surface area contributed by atoms with Crippen LogP contribution < -0.4 is 10.0 Å². The Hall–Kier alpha value is -1.71. The minimum Gasteiger partial charge on any atom is -0.341 e. The zero-order valence-corrected chi connectivity index (χ0v) is 13.1. The highest BCUT2D eigenvalue weighted by Gasteiger charge is 2.55. The number of nitrogens with zero attached hydrogens (tertiary/aromatic N) is 5. The second kappa shape index (κ2) is 4.40. The summed E-state index contributed by atoms with van der Waals surface area (Å²) in [4.78, 5) is 10.8. The summed E-state index contributed by atoms with van der Waals surface area (Å²) < 4.78 is 26.0. The van der Waals surface area contributed by atoms with E-state index in [1.807, 2.05) is 22.7 Å². The minimum absolute atomic E-state index is 0.0224. The summed E-state index contributed by atoms with van der Waals surface area (Å²) in [5.41, 5.74) is 1.08. The molecule has 0 amide bonds. The van der Waals surface area contributed by atoms with Crippen molar-refractivity contribution in [1.82, 2.24) is 18.7 Å². The van der Waals surface area contributed by atoms with Crippen LogP contribution in [-0.4, -0.2) is 53.3 Å². The van der Waals surface area contributed by atoms with Crippen molar-refractivity contribution in [1.29, 1.82) is 0 Å². The van der Waals surface area contributed by atoms with Gasteiger partial charge < -0.3 is 4.90 Å². The van der Waals surface area contributed by atoms with E-state index in [2.05, 4.69) is 14.9 Å². The Labute approximate surface area is 128 Å². The molecule has 0 bridgehead atoms. The van der Waals surface area contributed by atoms with Crippen LogP contribution >= 0.6 is 0 Å². The van der Waals surface area contributed by atoms with E-state index in [0.29, 0.717) is 0 Å². The second-order valence-corrected chi connectivity index (χ2v) is 8.00. The number of nitrogens with two attached hydrogens (primary N) is 1. The van der Waals surface area contributed by atoms with Crippen molar-refractivity contribution in [3.05, 3.63) is 24.7 Å². The first-order chi connectivity index (χ1) is 10.4. The van der Waals surface area contributed by atoms with E-state index in [9.17, 15) is 8.42 Å². The fraction of sp³-hybridized carbons (Fsp3) is 0.538. The van der Waals surface area contributed by atoms with Crippen LogP contribution in [-0.2, 0) is 10.2 Å². The molecule has 0 unspecified atom stereocenters. The summed E-state index contributed by atoms with van der Waals surface area (Å²) in [6.45, 7) is 1.79. The van der Waals surface area contributed by atoms with E-state index >= 15 is 0 Å². The fourth-order valence-corrected chi connectivity index (χ4v) is 4.21. The molecule has 22 heavy (non-hydrogen) atoms. The van der Waals surface area contributed by atoms with E-state index in [1.54, 1.807) is 13.4 Å². The third kappa shape index (κ3) is 2.00. The molecular formula is C13H18N6O2S. The van der Waals surface area contributed by atoms with Gasteiger partial charge in [-0.05, 0) is 25.0 Å². The summed E-state index contributed by atoms with van der Waals surface area (Å²) in [6.07, 6.45) is 5.24. The molecule has 8 nitrogen and oxygen atoms in total. The van der Waals surface area contributed by atoms with Gasteiger partial charge in [0.05, 0.1) is 0 Å². The molecule has 1 aliphatic heterocycles. The van der Waals surface area contributed by atoms with Crippen molar-refractivity contribution in [2.75, 3.05) is 25.0 Å². The van der Waals surface area contributed by atoms with Gasteiger partial charge in [0, 0.05) is 37.8 Å². The topological polar surface area (TPSA) is 96.8 Å². The van der Waals surface area contributed by atoms with Crippen molar-refractivity contribution in [2.24, 2.45) is 10.6 Å². The maximum atomic E-state index is 11.4.